The standard InChI is InChI=1S/C16H19ClN2/c1-16(2,12-18)8-3-4-9-19-10-7-13-5-6-14(17)11-15(13)19/h5-7,10-11H,3-4,8-9H2,1-2H3. The van der Waals surface area contributed by atoms with E-state index >= 15 is 0 Å². The zero-order chi connectivity index (χ0) is 13.9. The Kier molecular flexibility index (Phi) is 4.17. The maximum atomic E-state index is 8.98. The zero-order valence-electron chi connectivity index (χ0n) is 11.5. The number of rotatable bonds is 5. The Hall–Kier alpha value is -1.46. The van der Waals surface area contributed by atoms with Crippen molar-refractivity contribution in [2.24, 2.45) is 5.41 Å². The molecule has 0 aliphatic carbocycles. The third kappa shape index (κ3) is 3.52. The second kappa shape index (κ2) is 5.67. The van der Waals surface area contributed by atoms with Crippen molar-refractivity contribution in [3.8, 4) is 6.07 Å². The van der Waals surface area contributed by atoms with Gasteiger partial charge < -0.3 is 4.57 Å². The molecule has 0 aliphatic rings. The van der Waals surface area contributed by atoms with E-state index in [1.54, 1.807) is 0 Å². The van der Waals surface area contributed by atoms with Crippen LogP contribution in [0.5, 0.6) is 0 Å². The van der Waals surface area contributed by atoms with E-state index in [9.17, 15) is 0 Å². The van der Waals surface area contributed by atoms with E-state index in [-0.39, 0.29) is 5.41 Å². The number of nitrogens with zero attached hydrogens (tertiary/aromatic N) is 2. The minimum atomic E-state index is -0.206. The van der Waals surface area contributed by atoms with Crippen LogP contribution in [0.25, 0.3) is 10.9 Å². The number of hydrogen-bond donors (Lipinski definition) is 0. The lowest BCUT2D eigenvalue weighted by molar-refractivity contribution is 0.418. The molecule has 1 heterocycles. The van der Waals surface area contributed by atoms with Crippen molar-refractivity contribution in [1.29, 1.82) is 5.26 Å². The van der Waals surface area contributed by atoms with Gasteiger partial charge in [-0.2, -0.15) is 5.26 Å². The molecule has 2 aromatic rings. The van der Waals surface area contributed by atoms with E-state index in [4.69, 9.17) is 16.9 Å². The second-order valence-corrected chi connectivity index (χ2v) is 6.10. The maximum absolute atomic E-state index is 8.98. The third-order valence-electron chi connectivity index (χ3n) is 3.49. The number of halogens is 1. The van der Waals surface area contributed by atoms with Crippen molar-refractivity contribution in [3.63, 3.8) is 0 Å². The number of unbranched alkanes of at least 4 members (excludes halogenated alkanes) is 1. The first kappa shape index (κ1) is 14.0. The van der Waals surface area contributed by atoms with Gasteiger partial charge in [0, 0.05) is 23.3 Å². The molecular weight excluding hydrogens is 256 g/mol. The number of aromatic nitrogens is 1. The molecule has 1 aromatic heterocycles. The summed E-state index contributed by atoms with van der Waals surface area (Å²) in [6.07, 6.45) is 5.21. The Morgan fingerprint density at radius 1 is 1.26 bits per heavy atom. The van der Waals surface area contributed by atoms with Gasteiger partial charge in [0.2, 0.25) is 0 Å². The van der Waals surface area contributed by atoms with E-state index in [2.05, 4.69) is 22.9 Å². The highest BCUT2D eigenvalue weighted by Crippen LogP contribution is 2.24. The summed E-state index contributed by atoms with van der Waals surface area (Å²) in [7, 11) is 0. The summed E-state index contributed by atoms with van der Waals surface area (Å²) in [6.45, 7) is 4.97. The maximum Gasteiger partial charge on any atom is 0.0683 e. The molecular formula is C16H19ClN2. The van der Waals surface area contributed by atoms with Gasteiger partial charge in [0.15, 0.2) is 0 Å². The molecule has 1 aromatic carbocycles. The average molecular weight is 275 g/mol. The quantitative estimate of drug-likeness (QED) is 0.704. The van der Waals surface area contributed by atoms with Crippen LogP contribution in [0.15, 0.2) is 30.5 Å². The van der Waals surface area contributed by atoms with Crippen molar-refractivity contribution in [3.05, 3.63) is 35.5 Å². The monoisotopic (exact) mass is 274 g/mol. The third-order valence-corrected chi connectivity index (χ3v) is 3.72. The van der Waals surface area contributed by atoms with Crippen LogP contribution in [-0.4, -0.2) is 4.57 Å². The molecule has 0 saturated carbocycles. The van der Waals surface area contributed by atoms with Crippen LogP contribution in [0.3, 0.4) is 0 Å². The largest absolute Gasteiger partial charge is 0.347 e. The van der Waals surface area contributed by atoms with Crippen LogP contribution in [0.1, 0.15) is 33.1 Å². The number of fused-ring (bicyclic) bond motifs is 1. The summed E-state index contributed by atoms with van der Waals surface area (Å²) in [5, 5.41) is 11.0. The highest BCUT2D eigenvalue weighted by molar-refractivity contribution is 6.31. The molecule has 0 atom stereocenters. The summed E-state index contributed by atoms with van der Waals surface area (Å²) in [4.78, 5) is 0. The molecule has 100 valence electrons. The first-order valence-corrected chi connectivity index (χ1v) is 7.05. The Morgan fingerprint density at radius 3 is 2.79 bits per heavy atom. The molecule has 2 rings (SSSR count). The van der Waals surface area contributed by atoms with Crippen molar-refractivity contribution in [2.75, 3.05) is 0 Å². The summed E-state index contributed by atoms with van der Waals surface area (Å²) in [5.41, 5.74) is 0.981. The van der Waals surface area contributed by atoms with Gasteiger partial charge in [-0.05, 0) is 50.3 Å². The molecule has 0 amide bonds. The molecule has 0 fully saturated rings. The summed E-state index contributed by atoms with van der Waals surface area (Å²) >= 11 is 6.04. The summed E-state index contributed by atoms with van der Waals surface area (Å²) < 4.78 is 2.24. The first-order valence-electron chi connectivity index (χ1n) is 6.67. The number of nitriles is 1. The lowest BCUT2D eigenvalue weighted by Crippen LogP contribution is -2.08. The van der Waals surface area contributed by atoms with Crippen LogP contribution in [0.2, 0.25) is 5.02 Å². The Morgan fingerprint density at radius 2 is 2.05 bits per heavy atom. The van der Waals surface area contributed by atoms with Gasteiger partial charge in [0.1, 0.15) is 0 Å². The summed E-state index contributed by atoms with van der Waals surface area (Å²) in [6, 6.07) is 10.4. The predicted octanol–water partition coefficient (Wildman–Crippen LogP) is 5.01. The second-order valence-electron chi connectivity index (χ2n) is 5.67. The lowest BCUT2D eigenvalue weighted by atomic mass is 9.89. The molecule has 0 radical (unpaired) electrons. The van der Waals surface area contributed by atoms with Crippen molar-refractivity contribution in [2.45, 2.75) is 39.7 Å². The van der Waals surface area contributed by atoms with E-state index in [0.717, 1.165) is 30.8 Å². The van der Waals surface area contributed by atoms with Crippen LogP contribution < -0.4 is 0 Å². The van der Waals surface area contributed by atoms with Crippen molar-refractivity contribution in [1.82, 2.24) is 4.57 Å². The van der Waals surface area contributed by atoms with E-state index in [1.165, 1.54) is 10.9 Å². The molecule has 0 bridgehead atoms. The zero-order valence-corrected chi connectivity index (χ0v) is 12.2. The van der Waals surface area contributed by atoms with Crippen LogP contribution >= 0.6 is 11.6 Å². The van der Waals surface area contributed by atoms with Crippen molar-refractivity contribution >= 4 is 22.5 Å². The average Bonchev–Trinajstić information content (AvgIpc) is 2.77. The fourth-order valence-electron chi connectivity index (χ4n) is 2.26. The lowest BCUT2D eigenvalue weighted by Gasteiger charge is -2.14. The Balaban J connectivity index is 1.96. The molecule has 0 saturated heterocycles. The van der Waals surface area contributed by atoms with Gasteiger partial charge in [-0.15, -0.1) is 0 Å². The molecule has 0 unspecified atom stereocenters. The molecule has 2 nitrogen and oxygen atoms in total. The highest BCUT2D eigenvalue weighted by atomic mass is 35.5. The Bertz CT molecular complexity index is 605. The fraction of sp³-hybridized carbons (Fsp3) is 0.438. The number of benzene rings is 1. The number of aryl methyl sites for hydroxylation is 1. The van der Waals surface area contributed by atoms with Gasteiger partial charge in [-0.25, -0.2) is 0 Å². The van der Waals surface area contributed by atoms with Gasteiger partial charge in [-0.1, -0.05) is 24.1 Å². The first-order chi connectivity index (χ1) is 9.02. The van der Waals surface area contributed by atoms with Gasteiger partial charge in [-0.3, -0.25) is 0 Å². The van der Waals surface area contributed by atoms with E-state index in [0.29, 0.717) is 0 Å². The topological polar surface area (TPSA) is 28.7 Å². The molecule has 19 heavy (non-hydrogen) atoms. The smallest absolute Gasteiger partial charge is 0.0683 e. The normalized spacial score (nSPS) is 11.7. The van der Waals surface area contributed by atoms with Crippen molar-refractivity contribution < 1.29 is 0 Å². The van der Waals surface area contributed by atoms with Crippen LogP contribution in [0, 0.1) is 16.7 Å². The summed E-state index contributed by atoms with van der Waals surface area (Å²) in [5.74, 6) is 0. The van der Waals surface area contributed by atoms with Gasteiger partial charge in [0.05, 0.1) is 11.5 Å². The SMILES string of the molecule is CC(C)(C#N)CCCCn1ccc2ccc(Cl)cc21. The minimum absolute atomic E-state index is 0.206. The molecule has 0 spiro atoms. The van der Waals surface area contributed by atoms with E-state index < -0.39 is 0 Å². The molecule has 0 aliphatic heterocycles. The molecule has 3 heteroatoms. The highest BCUT2D eigenvalue weighted by Gasteiger charge is 2.15. The van der Waals surface area contributed by atoms with Crippen LogP contribution in [0.4, 0.5) is 0 Å². The van der Waals surface area contributed by atoms with Crippen LogP contribution in [-0.2, 0) is 6.54 Å². The number of hydrogen-bond acceptors (Lipinski definition) is 1. The van der Waals surface area contributed by atoms with E-state index in [1.807, 2.05) is 32.0 Å². The molecule has 0 N–H and O–H groups in total. The minimum Gasteiger partial charge on any atom is -0.347 e. The van der Waals surface area contributed by atoms with Gasteiger partial charge >= 0.3 is 0 Å². The predicted molar refractivity (Wildman–Crippen MR) is 80.2 cm³/mol. The van der Waals surface area contributed by atoms with Gasteiger partial charge in [0.25, 0.3) is 0 Å². The Labute approximate surface area is 119 Å². The fourth-order valence-corrected chi connectivity index (χ4v) is 2.42.